The summed E-state index contributed by atoms with van der Waals surface area (Å²) in [4.78, 5) is 4.21. The number of anilines is 2. The number of hydrogen-bond acceptors (Lipinski definition) is 3. The van der Waals surface area contributed by atoms with E-state index in [0.717, 1.165) is 5.69 Å². The minimum Gasteiger partial charge on any atom is -0.323 e. The molecule has 1 heterocycles. The Morgan fingerprint density at radius 2 is 1.80 bits per heavy atom. The van der Waals surface area contributed by atoms with E-state index in [9.17, 15) is 4.39 Å². The molecular formula is C14H10ClFN4. The number of H-pyrrole nitrogens is 1. The number of nitrogens with one attached hydrogen (secondary N) is 2. The van der Waals surface area contributed by atoms with Gasteiger partial charge >= 0.3 is 0 Å². The number of aromatic amines is 1. The third-order valence-corrected chi connectivity index (χ3v) is 2.97. The van der Waals surface area contributed by atoms with Gasteiger partial charge in [0, 0.05) is 10.7 Å². The van der Waals surface area contributed by atoms with Gasteiger partial charge in [-0.15, -0.1) is 5.10 Å². The van der Waals surface area contributed by atoms with Crippen LogP contribution in [0.5, 0.6) is 0 Å². The summed E-state index contributed by atoms with van der Waals surface area (Å²) >= 11 is 5.81. The zero-order valence-electron chi connectivity index (χ0n) is 10.3. The number of rotatable bonds is 3. The second-order valence-corrected chi connectivity index (χ2v) is 4.56. The largest absolute Gasteiger partial charge is 0.323 e. The van der Waals surface area contributed by atoms with Gasteiger partial charge in [0.2, 0.25) is 5.95 Å². The van der Waals surface area contributed by atoms with Crippen molar-refractivity contribution in [3.8, 4) is 11.4 Å². The molecule has 0 radical (unpaired) electrons. The number of halogens is 2. The Kier molecular flexibility index (Phi) is 3.35. The van der Waals surface area contributed by atoms with Gasteiger partial charge in [-0.3, -0.25) is 5.10 Å². The molecule has 0 atom stereocenters. The molecule has 6 heteroatoms. The summed E-state index contributed by atoms with van der Waals surface area (Å²) in [5.74, 6) is 0.395. The molecule has 2 aromatic carbocycles. The van der Waals surface area contributed by atoms with Crippen molar-refractivity contribution in [1.29, 1.82) is 0 Å². The molecule has 3 aromatic rings. The molecule has 0 amide bonds. The molecular weight excluding hydrogens is 279 g/mol. The Morgan fingerprint density at radius 3 is 2.55 bits per heavy atom. The van der Waals surface area contributed by atoms with Crippen LogP contribution in [0.2, 0.25) is 5.02 Å². The van der Waals surface area contributed by atoms with Crippen LogP contribution < -0.4 is 5.32 Å². The molecule has 100 valence electrons. The number of benzene rings is 2. The molecule has 3 rings (SSSR count). The number of hydrogen-bond donors (Lipinski definition) is 2. The zero-order chi connectivity index (χ0) is 13.9. The predicted octanol–water partition coefficient (Wildman–Crippen LogP) is 4.01. The average molecular weight is 289 g/mol. The molecule has 0 fully saturated rings. The van der Waals surface area contributed by atoms with Crippen LogP contribution in [0, 0.1) is 5.82 Å². The second kappa shape index (κ2) is 5.30. The van der Waals surface area contributed by atoms with Gasteiger partial charge in [-0.1, -0.05) is 23.7 Å². The SMILES string of the molecule is Fc1ccccc1-c1nc(Nc2ccc(Cl)cc2)n[nH]1. The molecule has 1 aromatic heterocycles. The van der Waals surface area contributed by atoms with E-state index >= 15 is 0 Å². The van der Waals surface area contributed by atoms with Crippen molar-refractivity contribution >= 4 is 23.2 Å². The van der Waals surface area contributed by atoms with Crippen LogP contribution in [-0.2, 0) is 0 Å². The van der Waals surface area contributed by atoms with Crippen molar-refractivity contribution < 1.29 is 4.39 Å². The van der Waals surface area contributed by atoms with E-state index in [4.69, 9.17) is 11.6 Å². The van der Waals surface area contributed by atoms with E-state index in [2.05, 4.69) is 20.5 Å². The summed E-state index contributed by atoms with van der Waals surface area (Å²) in [6.07, 6.45) is 0. The van der Waals surface area contributed by atoms with Crippen LogP contribution in [0.1, 0.15) is 0 Å². The lowest BCUT2D eigenvalue weighted by Gasteiger charge is -2.00. The van der Waals surface area contributed by atoms with Crippen molar-refractivity contribution in [2.75, 3.05) is 5.32 Å². The summed E-state index contributed by atoms with van der Waals surface area (Å²) < 4.78 is 13.6. The first-order chi connectivity index (χ1) is 9.72. The summed E-state index contributed by atoms with van der Waals surface area (Å²) in [5, 5.41) is 10.4. The first kappa shape index (κ1) is 12.6. The highest BCUT2D eigenvalue weighted by Crippen LogP contribution is 2.21. The molecule has 2 N–H and O–H groups in total. The Labute approximate surface area is 119 Å². The van der Waals surface area contributed by atoms with Crippen molar-refractivity contribution in [1.82, 2.24) is 15.2 Å². The summed E-state index contributed by atoms with van der Waals surface area (Å²) in [7, 11) is 0. The lowest BCUT2D eigenvalue weighted by atomic mass is 10.2. The molecule has 0 aliphatic heterocycles. The standard InChI is InChI=1S/C14H10ClFN4/c15-9-5-7-10(8-6-9)17-14-18-13(19-20-14)11-3-1-2-4-12(11)16/h1-8H,(H2,17,18,19,20). The first-order valence-electron chi connectivity index (χ1n) is 5.92. The Morgan fingerprint density at radius 1 is 1.05 bits per heavy atom. The van der Waals surface area contributed by atoms with Crippen LogP contribution in [-0.4, -0.2) is 15.2 Å². The molecule has 0 saturated carbocycles. The van der Waals surface area contributed by atoms with E-state index in [-0.39, 0.29) is 5.82 Å². The van der Waals surface area contributed by atoms with Gasteiger partial charge in [0.1, 0.15) is 5.82 Å². The number of nitrogens with zero attached hydrogens (tertiary/aromatic N) is 2. The number of aromatic nitrogens is 3. The van der Waals surface area contributed by atoms with Crippen LogP contribution in [0.3, 0.4) is 0 Å². The minimum absolute atomic E-state index is 0.346. The van der Waals surface area contributed by atoms with Crippen LogP contribution in [0.15, 0.2) is 48.5 Å². The maximum Gasteiger partial charge on any atom is 0.246 e. The third kappa shape index (κ3) is 2.62. The predicted molar refractivity (Wildman–Crippen MR) is 76.5 cm³/mol. The normalized spacial score (nSPS) is 10.5. The molecule has 4 nitrogen and oxygen atoms in total. The van der Waals surface area contributed by atoms with Gasteiger partial charge in [0.25, 0.3) is 0 Å². The molecule has 0 aliphatic carbocycles. The van der Waals surface area contributed by atoms with E-state index in [1.54, 1.807) is 30.3 Å². The summed E-state index contributed by atoms with van der Waals surface area (Å²) in [5.41, 5.74) is 1.18. The fraction of sp³-hybridized carbons (Fsp3) is 0. The lowest BCUT2D eigenvalue weighted by Crippen LogP contribution is -1.92. The highest BCUT2D eigenvalue weighted by Gasteiger charge is 2.09. The average Bonchev–Trinajstić information content (AvgIpc) is 2.90. The van der Waals surface area contributed by atoms with Gasteiger partial charge in [0.15, 0.2) is 5.82 Å². The van der Waals surface area contributed by atoms with Crippen LogP contribution in [0.4, 0.5) is 16.0 Å². The summed E-state index contributed by atoms with van der Waals surface area (Å²) in [6.45, 7) is 0. The van der Waals surface area contributed by atoms with E-state index in [1.165, 1.54) is 6.07 Å². The fourth-order valence-electron chi connectivity index (χ4n) is 1.75. The van der Waals surface area contributed by atoms with E-state index in [0.29, 0.717) is 22.4 Å². The molecule has 0 unspecified atom stereocenters. The Bertz CT molecular complexity index is 724. The van der Waals surface area contributed by atoms with Gasteiger partial charge in [-0.2, -0.15) is 4.98 Å². The highest BCUT2D eigenvalue weighted by atomic mass is 35.5. The van der Waals surface area contributed by atoms with Crippen molar-refractivity contribution in [2.45, 2.75) is 0 Å². The Hall–Kier alpha value is -2.40. The van der Waals surface area contributed by atoms with Gasteiger partial charge in [-0.25, -0.2) is 4.39 Å². The van der Waals surface area contributed by atoms with E-state index in [1.807, 2.05) is 12.1 Å². The smallest absolute Gasteiger partial charge is 0.246 e. The monoisotopic (exact) mass is 288 g/mol. The highest BCUT2D eigenvalue weighted by molar-refractivity contribution is 6.30. The molecule has 0 saturated heterocycles. The molecule has 20 heavy (non-hydrogen) atoms. The first-order valence-corrected chi connectivity index (χ1v) is 6.30. The lowest BCUT2D eigenvalue weighted by molar-refractivity contribution is 0.630. The maximum absolute atomic E-state index is 13.6. The van der Waals surface area contributed by atoms with Gasteiger partial charge in [0.05, 0.1) is 5.56 Å². The van der Waals surface area contributed by atoms with Crippen LogP contribution >= 0.6 is 11.6 Å². The fourth-order valence-corrected chi connectivity index (χ4v) is 1.88. The quantitative estimate of drug-likeness (QED) is 0.766. The van der Waals surface area contributed by atoms with E-state index < -0.39 is 0 Å². The van der Waals surface area contributed by atoms with Gasteiger partial charge < -0.3 is 5.32 Å². The van der Waals surface area contributed by atoms with Crippen molar-refractivity contribution in [2.24, 2.45) is 0 Å². The van der Waals surface area contributed by atoms with Gasteiger partial charge in [-0.05, 0) is 36.4 Å². The summed E-state index contributed by atoms with van der Waals surface area (Å²) in [6, 6.07) is 13.5. The Balaban J connectivity index is 1.84. The maximum atomic E-state index is 13.6. The van der Waals surface area contributed by atoms with Crippen molar-refractivity contribution in [3.63, 3.8) is 0 Å². The minimum atomic E-state index is -0.346. The third-order valence-electron chi connectivity index (χ3n) is 2.71. The van der Waals surface area contributed by atoms with Crippen LogP contribution in [0.25, 0.3) is 11.4 Å². The molecule has 0 aliphatic rings. The second-order valence-electron chi connectivity index (χ2n) is 4.12. The van der Waals surface area contributed by atoms with Crippen molar-refractivity contribution in [3.05, 3.63) is 59.4 Å². The topological polar surface area (TPSA) is 53.6 Å². The molecule has 0 spiro atoms. The molecule has 0 bridgehead atoms. The zero-order valence-corrected chi connectivity index (χ0v) is 11.0.